The molecule has 0 radical (unpaired) electrons. The van der Waals surface area contributed by atoms with E-state index in [1.165, 1.54) is 32.1 Å². The summed E-state index contributed by atoms with van der Waals surface area (Å²) in [4.78, 5) is 35.3. The molecule has 0 saturated heterocycles. The van der Waals surface area contributed by atoms with Gasteiger partial charge in [-0.1, -0.05) is 19.3 Å². The molecule has 3 N–H and O–H groups in total. The Morgan fingerprint density at radius 2 is 1.96 bits per heavy atom. The van der Waals surface area contributed by atoms with Crippen molar-refractivity contribution in [2.45, 2.75) is 70.9 Å². The van der Waals surface area contributed by atoms with Crippen LogP contribution in [0.2, 0.25) is 0 Å². The van der Waals surface area contributed by atoms with E-state index >= 15 is 0 Å². The van der Waals surface area contributed by atoms with Crippen molar-refractivity contribution in [1.82, 2.24) is 15.3 Å². The zero-order valence-electron chi connectivity index (χ0n) is 15.9. The van der Waals surface area contributed by atoms with Crippen molar-refractivity contribution < 1.29 is 9.59 Å². The van der Waals surface area contributed by atoms with Crippen LogP contribution in [0.4, 0.5) is 5.95 Å². The molecule has 2 aliphatic carbocycles. The number of hydrogen-bond acceptors (Lipinski definition) is 5. The van der Waals surface area contributed by atoms with Gasteiger partial charge in [-0.15, -0.1) is 0 Å². The van der Waals surface area contributed by atoms with Gasteiger partial charge in [-0.3, -0.25) is 9.59 Å². The minimum Gasteiger partial charge on any atom is -0.369 e. The number of primary amides is 1. The highest BCUT2D eigenvalue weighted by Crippen LogP contribution is 2.45. The molecule has 1 heterocycles. The average molecular weight is 359 g/mol. The van der Waals surface area contributed by atoms with E-state index in [1.807, 2.05) is 13.8 Å². The number of carbonyl (C=O) groups excluding carboxylic acids is 2. The SMILES string of the molecule is Cc1nc(N(C)C2CCCCC2)ncc1C(C)NC(=O)C1(C(N)=O)CC1. The van der Waals surface area contributed by atoms with Crippen LogP contribution >= 0.6 is 0 Å². The first kappa shape index (κ1) is 18.6. The maximum absolute atomic E-state index is 12.4. The first-order chi connectivity index (χ1) is 12.3. The van der Waals surface area contributed by atoms with Crippen LogP contribution in [0.15, 0.2) is 6.20 Å². The van der Waals surface area contributed by atoms with Crippen molar-refractivity contribution in [2.75, 3.05) is 11.9 Å². The molecule has 2 amide bonds. The van der Waals surface area contributed by atoms with Gasteiger partial charge in [0.15, 0.2) is 0 Å². The molecule has 1 aromatic heterocycles. The Hall–Kier alpha value is -2.18. The summed E-state index contributed by atoms with van der Waals surface area (Å²) in [6.45, 7) is 3.81. The summed E-state index contributed by atoms with van der Waals surface area (Å²) in [5, 5.41) is 2.90. The highest BCUT2D eigenvalue weighted by atomic mass is 16.2. The van der Waals surface area contributed by atoms with Gasteiger partial charge in [-0.25, -0.2) is 9.97 Å². The van der Waals surface area contributed by atoms with E-state index in [2.05, 4.69) is 27.2 Å². The molecule has 2 saturated carbocycles. The molecule has 1 atom stereocenters. The Morgan fingerprint density at radius 1 is 1.31 bits per heavy atom. The molecule has 7 heteroatoms. The van der Waals surface area contributed by atoms with Crippen LogP contribution in [0.25, 0.3) is 0 Å². The molecule has 3 rings (SSSR count). The Balaban J connectivity index is 1.69. The summed E-state index contributed by atoms with van der Waals surface area (Å²) in [6, 6.07) is 0.227. The largest absolute Gasteiger partial charge is 0.369 e. The number of amides is 2. The fourth-order valence-electron chi connectivity index (χ4n) is 3.81. The van der Waals surface area contributed by atoms with Gasteiger partial charge in [-0.05, 0) is 39.5 Å². The predicted octanol–water partition coefficient (Wildman–Crippen LogP) is 2.00. The van der Waals surface area contributed by atoms with Gasteiger partial charge in [0.25, 0.3) is 0 Å². The maximum atomic E-state index is 12.4. The van der Waals surface area contributed by atoms with Crippen LogP contribution in [0.5, 0.6) is 0 Å². The third-order valence-corrected chi connectivity index (χ3v) is 5.91. The Morgan fingerprint density at radius 3 is 2.50 bits per heavy atom. The van der Waals surface area contributed by atoms with Crippen LogP contribution in [0.3, 0.4) is 0 Å². The quantitative estimate of drug-likeness (QED) is 0.757. The smallest absolute Gasteiger partial charge is 0.236 e. The number of rotatable bonds is 6. The number of nitrogens with one attached hydrogen (secondary N) is 1. The molecule has 0 aliphatic heterocycles. The van der Waals surface area contributed by atoms with Crippen molar-refractivity contribution in [3.63, 3.8) is 0 Å². The lowest BCUT2D eigenvalue weighted by atomic mass is 9.95. The summed E-state index contributed by atoms with van der Waals surface area (Å²) in [7, 11) is 2.05. The monoisotopic (exact) mass is 359 g/mol. The third-order valence-electron chi connectivity index (χ3n) is 5.91. The number of nitrogens with zero attached hydrogens (tertiary/aromatic N) is 3. The molecule has 1 unspecified atom stereocenters. The van der Waals surface area contributed by atoms with Crippen LogP contribution in [-0.4, -0.2) is 34.9 Å². The summed E-state index contributed by atoms with van der Waals surface area (Å²) >= 11 is 0. The standard InChI is InChI=1S/C19H29N5O2/c1-12(22-17(26)19(9-10-19)16(20)25)15-11-21-18(23-13(15)2)24(3)14-7-5-4-6-8-14/h11-12,14H,4-10H2,1-3H3,(H2,20,25)(H,22,26). The molecule has 0 spiro atoms. The fraction of sp³-hybridized carbons (Fsp3) is 0.684. The minimum absolute atomic E-state index is 0.270. The highest BCUT2D eigenvalue weighted by molar-refractivity contribution is 6.07. The summed E-state index contributed by atoms with van der Waals surface area (Å²) in [6.07, 6.45) is 9.04. The second-order valence-corrected chi connectivity index (χ2v) is 7.76. The van der Waals surface area contributed by atoms with Crippen molar-refractivity contribution in [2.24, 2.45) is 11.1 Å². The van der Waals surface area contributed by atoms with Gasteiger partial charge in [0.05, 0.1) is 6.04 Å². The summed E-state index contributed by atoms with van der Waals surface area (Å²) in [5.74, 6) is -0.104. The molecular formula is C19H29N5O2. The number of anilines is 1. The van der Waals surface area contributed by atoms with Crippen molar-refractivity contribution in [3.05, 3.63) is 17.5 Å². The fourth-order valence-corrected chi connectivity index (χ4v) is 3.81. The highest BCUT2D eigenvalue weighted by Gasteiger charge is 2.55. The molecular weight excluding hydrogens is 330 g/mol. The predicted molar refractivity (Wildman–Crippen MR) is 99.5 cm³/mol. The van der Waals surface area contributed by atoms with E-state index in [0.29, 0.717) is 18.9 Å². The molecule has 142 valence electrons. The minimum atomic E-state index is -1.01. The Bertz CT molecular complexity index is 695. The lowest BCUT2D eigenvalue weighted by molar-refractivity contribution is -0.135. The lowest BCUT2D eigenvalue weighted by Crippen LogP contribution is -2.41. The third kappa shape index (κ3) is 3.52. The van der Waals surface area contributed by atoms with Crippen LogP contribution in [-0.2, 0) is 9.59 Å². The topological polar surface area (TPSA) is 101 Å². The van der Waals surface area contributed by atoms with E-state index in [0.717, 1.165) is 17.2 Å². The molecule has 7 nitrogen and oxygen atoms in total. The van der Waals surface area contributed by atoms with E-state index in [-0.39, 0.29) is 11.9 Å². The van der Waals surface area contributed by atoms with E-state index in [1.54, 1.807) is 6.20 Å². The van der Waals surface area contributed by atoms with Crippen LogP contribution in [0.1, 0.15) is 69.2 Å². The Kier molecular flexibility index (Phi) is 5.16. The average Bonchev–Trinajstić information content (AvgIpc) is 3.43. The van der Waals surface area contributed by atoms with Crippen molar-refractivity contribution >= 4 is 17.8 Å². The summed E-state index contributed by atoms with van der Waals surface area (Å²) in [5.41, 5.74) is 6.06. The van der Waals surface area contributed by atoms with Gasteiger partial charge in [-0.2, -0.15) is 0 Å². The van der Waals surface area contributed by atoms with Crippen LogP contribution < -0.4 is 16.0 Å². The molecule has 26 heavy (non-hydrogen) atoms. The van der Waals surface area contributed by atoms with E-state index in [4.69, 9.17) is 5.73 Å². The molecule has 0 aromatic carbocycles. The number of aromatic nitrogens is 2. The van der Waals surface area contributed by atoms with Crippen LogP contribution in [0, 0.1) is 12.3 Å². The van der Waals surface area contributed by atoms with E-state index in [9.17, 15) is 9.59 Å². The van der Waals surface area contributed by atoms with Gasteiger partial charge >= 0.3 is 0 Å². The maximum Gasteiger partial charge on any atom is 0.236 e. The first-order valence-corrected chi connectivity index (χ1v) is 9.52. The zero-order chi connectivity index (χ0) is 18.9. The van der Waals surface area contributed by atoms with Gasteiger partial charge in [0, 0.05) is 30.5 Å². The van der Waals surface area contributed by atoms with Gasteiger partial charge in [0.1, 0.15) is 5.41 Å². The number of carbonyl (C=O) groups is 2. The number of nitrogens with two attached hydrogens (primary N) is 1. The molecule has 2 fully saturated rings. The first-order valence-electron chi connectivity index (χ1n) is 9.52. The number of hydrogen-bond donors (Lipinski definition) is 2. The molecule has 2 aliphatic rings. The van der Waals surface area contributed by atoms with Gasteiger partial charge in [0.2, 0.25) is 17.8 Å². The summed E-state index contributed by atoms with van der Waals surface area (Å²) < 4.78 is 0. The van der Waals surface area contributed by atoms with Crippen molar-refractivity contribution in [1.29, 1.82) is 0 Å². The molecule has 1 aromatic rings. The molecule has 0 bridgehead atoms. The van der Waals surface area contributed by atoms with Crippen molar-refractivity contribution in [3.8, 4) is 0 Å². The van der Waals surface area contributed by atoms with E-state index < -0.39 is 11.3 Å². The second kappa shape index (κ2) is 7.21. The zero-order valence-corrected chi connectivity index (χ0v) is 15.9. The normalized spacial score (nSPS) is 20.3. The Labute approximate surface area is 154 Å². The number of aryl methyl sites for hydroxylation is 1. The van der Waals surface area contributed by atoms with Gasteiger partial charge < -0.3 is 16.0 Å². The lowest BCUT2D eigenvalue weighted by Gasteiger charge is -2.31. The second-order valence-electron chi connectivity index (χ2n) is 7.76.